The number of nitrogens with zero attached hydrogens (tertiary/aromatic N) is 1. The van der Waals surface area contributed by atoms with E-state index in [1.807, 2.05) is 11.8 Å². The molecule has 0 N–H and O–H groups in total. The van der Waals surface area contributed by atoms with Crippen molar-refractivity contribution in [2.24, 2.45) is 11.8 Å². The maximum Gasteiger partial charge on any atom is 0.226 e. The molecule has 0 aromatic heterocycles. The maximum absolute atomic E-state index is 11.6. The number of hydrogen-bond donors (Lipinski definition) is 0. The summed E-state index contributed by atoms with van der Waals surface area (Å²) in [5.41, 5.74) is 0. The highest BCUT2D eigenvalue weighted by atomic mass is 35.5. The van der Waals surface area contributed by atoms with Crippen molar-refractivity contribution >= 4 is 17.5 Å². The van der Waals surface area contributed by atoms with E-state index in [-0.39, 0.29) is 11.8 Å². The summed E-state index contributed by atoms with van der Waals surface area (Å²) in [4.78, 5) is 13.5. The van der Waals surface area contributed by atoms with Crippen LogP contribution >= 0.6 is 11.6 Å². The van der Waals surface area contributed by atoms with Crippen LogP contribution in [0, 0.1) is 11.8 Å². The molecule has 12 heavy (non-hydrogen) atoms. The average molecular weight is 190 g/mol. The molecule has 1 saturated heterocycles. The van der Waals surface area contributed by atoms with Crippen molar-refractivity contribution in [1.82, 2.24) is 4.90 Å². The lowest BCUT2D eigenvalue weighted by atomic mass is 10.2. The Balaban J connectivity index is 2.43. The topological polar surface area (TPSA) is 20.3 Å². The summed E-state index contributed by atoms with van der Waals surface area (Å²) < 4.78 is 0. The van der Waals surface area contributed by atoms with Gasteiger partial charge in [-0.2, -0.15) is 0 Å². The molecule has 3 heteroatoms. The van der Waals surface area contributed by atoms with E-state index < -0.39 is 0 Å². The summed E-state index contributed by atoms with van der Waals surface area (Å²) >= 11 is 5.61. The third kappa shape index (κ3) is 2.13. The zero-order chi connectivity index (χ0) is 9.14. The van der Waals surface area contributed by atoms with Crippen molar-refractivity contribution in [2.45, 2.75) is 20.3 Å². The highest BCUT2D eigenvalue weighted by molar-refractivity contribution is 6.19. The second kappa shape index (κ2) is 4.13. The summed E-state index contributed by atoms with van der Waals surface area (Å²) in [6.07, 6.45) is 1.14. The zero-order valence-corrected chi connectivity index (χ0v) is 8.47. The molecule has 70 valence electrons. The SMILES string of the molecule is CC1CCN(C(=O)C(C)CCl)C1. The largest absolute Gasteiger partial charge is 0.342 e. The van der Waals surface area contributed by atoms with E-state index in [4.69, 9.17) is 11.6 Å². The van der Waals surface area contributed by atoms with Gasteiger partial charge in [0.2, 0.25) is 5.91 Å². The molecule has 0 spiro atoms. The molecule has 1 amide bonds. The molecule has 0 bridgehead atoms. The summed E-state index contributed by atoms with van der Waals surface area (Å²) in [7, 11) is 0. The van der Waals surface area contributed by atoms with Gasteiger partial charge in [0, 0.05) is 24.9 Å². The Morgan fingerprint density at radius 2 is 2.42 bits per heavy atom. The van der Waals surface area contributed by atoms with Crippen molar-refractivity contribution < 1.29 is 4.79 Å². The Labute approximate surface area is 78.9 Å². The molecule has 0 aliphatic carbocycles. The minimum atomic E-state index is -0.0167. The van der Waals surface area contributed by atoms with Crippen LogP contribution in [0.3, 0.4) is 0 Å². The molecular weight excluding hydrogens is 174 g/mol. The van der Waals surface area contributed by atoms with E-state index in [0.29, 0.717) is 11.8 Å². The molecule has 1 rings (SSSR count). The monoisotopic (exact) mass is 189 g/mol. The second-order valence-corrected chi connectivity index (χ2v) is 4.04. The van der Waals surface area contributed by atoms with Crippen LogP contribution < -0.4 is 0 Å². The van der Waals surface area contributed by atoms with Gasteiger partial charge in [0.05, 0.1) is 0 Å². The summed E-state index contributed by atoms with van der Waals surface area (Å²) in [6, 6.07) is 0. The first-order valence-electron chi connectivity index (χ1n) is 4.50. The molecule has 0 saturated carbocycles. The van der Waals surface area contributed by atoms with Crippen molar-refractivity contribution in [3.8, 4) is 0 Å². The van der Waals surface area contributed by atoms with E-state index >= 15 is 0 Å². The highest BCUT2D eigenvalue weighted by Crippen LogP contribution is 2.17. The first-order valence-corrected chi connectivity index (χ1v) is 5.03. The molecule has 1 aliphatic rings. The van der Waals surface area contributed by atoms with E-state index in [1.165, 1.54) is 0 Å². The van der Waals surface area contributed by atoms with E-state index in [0.717, 1.165) is 19.5 Å². The molecule has 0 aromatic rings. The highest BCUT2D eigenvalue weighted by Gasteiger charge is 2.25. The van der Waals surface area contributed by atoms with Gasteiger partial charge in [-0.15, -0.1) is 11.6 Å². The molecule has 0 aromatic carbocycles. The van der Waals surface area contributed by atoms with Crippen LogP contribution in [0.1, 0.15) is 20.3 Å². The fourth-order valence-electron chi connectivity index (χ4n) is 1.51. The summed E-state index contributed by atoms with van der Waals surface area (Å²) in [6.45, 7) is 5.90. The lowest BCUT2D eigenvalue weighted by molar-refractivity contribution is -0.133. The lowest BCUT2D eigenvalue weighted by Gasteiger charge is -2.18. The number of hydrogen-bond acceptors (Lipinski definition) is 1. The van der Waals surface area contributed by atoms with Crippen LogP contribution in [0.2, 0.25) is 0 Å². The number of rotatable bonds is 2. The van der Waals surface area contributed by atoms with Crippen molar-refractivity contribution in [3.63, 3.8) is 0 Å². The van der Waals surface area contributed by atoms with Gasteiger partial charge in [0.25, 0.3) is 0 Å². The fraction of sp³-hybridized carbons (Fsp3) is 0.889. The van der Waals surface area contributed by atoms with Gasteiger partial charge >= 0.3 is 0 Å². The smallest absolute Gasteiger partial charge is 0.226 e. The Morgan fingerprint density at radius 1 is 1.75 bits per heavy atom. The van der Waals surface area contributed by atoms with E-state index in [2.05, 4.69) is 6.92 Å². The van der Waals surface area contributed by atoms with Crippen LogP contribution in [0.25, 0.3) is 0 Å². The number of likely N-dealkylation sites (tertiary alicyclic amines) is 1. The van der Waals surface area contributed by atoms with Gasteiger partial charge < -0.3 is 4.90 Å². The molecule has 1 aliphatic heterocycles. The molecule has 2 nitrogen and oxygen atoms in total. The number of alkyl halides is 1. The summed E-state index contributed by atoms with van der Waals surface area (Å²) in [5, 5.41) is 0. The maximum atomic E-state index is 11.6. The van der Waals surface area contributed by atoms with Gasteiger partial charge in [0.15, 0.2) is 0 Å². The molecule has 1 fully saturated rings. The van der Waals surface area contributed by atoms with Gasteiger partial charge in [-0.25, -0.2) is 0 Å². The number of amides is 1. The fourth-order valence-corrected chi connectivity index (χ4v) is 1.64. The van der Waals surface area contributed by atoms with Gasteiger partial charge in [-0.3, -0.25) is 4.79 Å². The van der Waals surface area contributed by atoms with E-state index in [9.17, 15) is 4.79 Å². The number of carbonyl (C=O) groups excluding carboxylic acids is 1. The normalized spacial score (nSPS) is 25.9. The van der Waals surface area contributed by atoms with Gasteiger partial charge in [-0.05, 0) is 12.3 Å². The zero-order valence-electron chi connectivity index (χ0n) is 7.72. The number of halogens is 1. The number of carbonyl (C=O) groups is 1. The molecular formula is C9H16ClNO. The predicted molar refractivity (Wildman–Crippen MR) is 50.2 cm³/mol. The van der Waals surface area contributed by atoms with Gasteiger partial charge in [0.1, 0.15) is 0 Å². The quantitative estimate of drug-likeness (QED) is 0.606. The lowest BCUT2D eigenvalue weighted by Crippen LogP contribution is -2.33. The van der Waals surface area contributed by atoms with Crippen LogP contribution in [-0.2, 0) is 4.79 Å². The molecule has 0 radical (unpaired) electrons. The van der Waals surface area contributed by atoms with Crippen molar-refractivity contribution in [3.05, 3.63) is 0 Å². The molecule has 2 atom stereocenters. The Morgan fingerprint density at radius 3 is 2.83 bits per heavy atom. The van der Waals surface area contributed by atoms with Gasteiger partial charge in [-0.1, -0.05) is 13.8 Å². The predicted octanol–water partition coefficient (Wildman–Crippen LogP) is 1.73. The standard InChI is InChI=1S/C9H16ClNO/c1-7-3-4-11(6-7)9(12)8(2)5-10/h7-8H,3-6H2,1-2H3. The Hall–Kier alpha value is -0.240. The second-order valence-electron chi connectivity index (χ2n) is 3.73. The van der Waals surface area contributed by atoms with E-state index in [1.54, 1.807) is 0 Å². The van der Waals surface area contributed by atoms with Crippen LogP contribution in [0.5, 0.6) is 0 Å². The third-order valence-corrected chi connectivity index (χ3v) is 2.85. The Kier molecular flexibility index (Phi) is 3.39. The third-order valence-electron chi connectivity index (χ3n) is 2.39. The van der Waals surface area contributed by atoms with Crippen LogP contribution in [0.15, 0.2) is 0 Å². The first-order chi connectivity index (χ1) is 5.65. The minimum Gasteiger partial charge on any atom is -0.342 e. The minimum absolute atomic E-state index is 0.0167. The Bertz CT molecular complexity index is 172. The summed E-state index contributed by atoms with van der Waals surface area (Å²) in [5.74, 6) is 1.30. The average Bonchev–Trinajstić information content (AvgIpc) is 2.49. The first kappa shape index (κ1) is 9.85. The van der Waals surface area contributed by atoms with Crippen molar-refractivity contribution in [2.75, 3.05) is 19.0 Å². The molecule has 1 heterocycles. The van der Waals surface area contributed by atoms with Crippen LogP contribution in [0.4, 0.5) is 0 Å². The molecule has 2 unspecified atom stereocenters. The van der Waals surface area contributed by atoms with Crippen molar-refractivity contribution in [1.29, 1.82) is 0 Å². The van der Waals surface area contributed by atoms with Crippen LogP contribution in [-0.4, -0.2) is 29.8 Å².